The van der Waals surface area contributed by atoms with Gasteiger partial charge >= 0.3 is 0 Å². The molecule has 0 bridgehead atoms. The molecule has 2 aromatic rings. The number of hydrogen-bond donors (Lipinski definition) is 1. The van der Waals surface area contributed by atoms with Crippen LogP contribution in [-0.2, 0) is 5.75 Å². The number of benzene rings is 2. The molecule has 1 nitrogen and oxygen atoms in total. The summed E-state index contributed by atoms with van der Waals surface area (Å²) < 4.78 is 0. The minimum Gasteiger partial charge on any atom is -0.303 e. The van der Waals surface area contributed by atoms with Crippen LogP contribution in [0, 0.1) is 6.92 Å². The Bertz CT molecular complexity index is 593. The first-order valence-corrected chi connectivity index (χ1v) is 8.38. The predicted molar refractivity (Wildman–Crippen MR) is 88.1 cm³/mol. The van der Waals surface area contributed by atoms with Crippen molar-refractivity contribution < 1.29 is 0 Å². The third kappa shape index (κ3) is 2.77. The second-order valence-electron chi connectivity index (χ2n) is 5.51. The van der Waals surface area contributed by atoms with E-state index in [1.807, 2.05) is 11.8 Å². The maximum absolute atomic E-state index is 3.81. The minimum absolute atomic E-state index is 0.382. The van der Waals surface area contributed by atoms with Gasteiger partial charge in [0, 0.05) is 23.6 Å². The molecule has 1 aliphatic rings. The van der Waals surface area contributed by atoms with E-state index in [0.717, 1.165) is 11.5 Å². The van der Waals surface area contributed by atoms with E-state index in [9.17, 15) is 0 Å². The van der Waals surface area contributed by atoms with Crippen LogP contribution in [0.4, 0.5) is 0 Å². The van der Waals surface area contributed by atoms with Gasteiger partial charge in [0.2, 0.25) is 0 Å². The highest BCUT2D eigenvalue weighted by molar-refractivity contribution is 7.98. The summed E-state index contributed by atoms with van der Waals surface area (Å²) >= 11 is 2.02. The Morgan fingerprint density at radius 3 is 2.70 bits per heavy atom. The van der Waals surface area contributed by atoms with E-state index < -0.39 is 0 Å². The molecule has 3 rings (SSSR count). The first-order valence-electron chi connectivity index (χ1n) is 7.23. The average Bonchev–Trinajstić information content (AvgIpc) is 2.48. The van der Waals surface area contributed by atoms with Crippen LogP contribution >= 0.6 is 11.8 Å². The van der Waals surface area contributed by atoms with Crippen molar-refractivity contribution in [2.24, 2.45) is 0 Å². The van der Waals surface area contributed by atoms with Crippen molar-refractivity contribution in [1.82, 2.24) is 5.32 Å². The molecule has 20 heavy (non-hydrogen) atoms. The van der Waals surface area contributed by atoms with Crippen LogP contribution in [0.2, 0.25) is 0 Å². The van der Waals surface area contributed by atoms with E-state index in [2.05, 4.69) is 67.7 Å². The molecule has 2 heteroatoms. The topological polar surface area (TPSA) is 12.0 Å². The summed E-state index contributed by atoms with van der Waals surface area (Å²) in [5, 5.41) is 3.81. The largest absolute Gasteiger partial charge is 0.303 e. The third-order valence-corrected chi connectivity index (χ3v) is 5.16. The number of hydrogen-bond acceptors (Lipinski definition) is 2. The number of nitrogens with one attached hydrogen (secondary N) is 1. The molecule has 1 heterocycles. The molecule has 0 saturated carbocycles. The van der Waals surface area contributed by atoms with Gasteiger partial charge in [0.1, 0.15) is 0 Å². The van der Waals surface area contributed by atoms with E-state index in [0.29, 0.717) is 12.1 Å². The van der Waals surface area contributed by atoms with E-state index in [-0.39, 0.29) is 0 Å². The molecule has 0 fully saturated rings. The van der Waals surface area contributed by atoms with Crippen molar-refractivity contribution in [2.75, 3.05) is 5.75 Å². The molecule has 104 valence electrons. The van der Waals surface area contributed by atoms with Gasteiger partial charge in [-0.25, -0.2) is 0 Å². The Balaban J connectivity index is 1.81. The van der Waals surface area contributed by atoms with Crippen molar-refractivity contribution in [1.29, 1.82) is 0 Å². The number of fused-ring (bicyclic) bond motifs is 1. The Labute approximate surface area is 125 Å². The van der Waals surface area contributed by atoms with Crippen molar-refractivity contribution in [3.63, 3.8) is 0 Å². The van der Waals surface area contributed by atoms with Crippen molar-refractivity contribution in [3.8, 4) is 0 Å². The molecule has 0 aliphatic carbocycles. The normalized spacial score (nSPS) is 19.4. The van der Waals surface area contributed by atoms with Crippen LogP contribution in [0.5, 0.6) is 0 Å². The van der Waals surface area contributed by atoms with E-state index in [1.54, 1.807) is 0 Å². The van der Waals surface area contributed by atoms with Crippen molar-refractivity contribution >= 4 is 11.8 Å². The monoisotopic (exact) mass is 283 g/mol. The fraction of sp³-hybridized carbons (Fsp3) is 0.333. The zero-order chi connectivity index (χ0) is 13.9. The van der Waals surface area contributed by atoms with E-state index >= 15 is 0 Å². The second kappa shape index (κ2) is 6.02. The summed E-state index contributed by atoms with van der Waals surface area (Å²) in [6.45, 7) is 4.46. The lowest BCUT2D eigenvalue weighted by Crippen LogP contribution is -2.29. The van der Waals surface area contributed by atoms with Gasteiger partial charge in [-0.3, -0.25) is 0 Å². The SMILES string of the molecule is Cc1ccccc1[C@H](C)NC1CSCc2ccccc21. The summed E-state index contributed by atoms with van der Waals surface area (Å²) in [5.74, 6) is 2.31. The molecular formula is C18H21NS. The second-order valence-corrected chi connectivity index (χ2v) is 6.54. The molecule has 0 saturated heterocycles. The molecule has 1 unspecified atom stereocenters. The molecule has 0 amide bonds. The van der Waals surface area contributed by atoms with Gasteiger partial charge in [0.05, 0.1) is 0 Å². The van der Waals surface area contributed by atoms with Crippen LogP contribution in [0.25, 0.3) is 0 Å². The molecule has 2 atom stereocenters. The quantitative estimate of drug-likeness (QED) is 0.881. The lowest BCUT2D eigenvalue weighted by Gasteiger charge is -2.29. The number of rotatable bonds is 3. The van der Waals surface area contributed by atoms with Crippen LogP contribution < -0.4 is 5.32 Å². The third-order valence-electron chi connectivity index (χ3n) is 4.08. The summed E-state index contributed by atoms with van der Waals surface area (Å²) in [4.78, 5) is 0. The maximum Gasteiger partial charge on any atom is 0.0419 e. The van der Waals surface area contributed by atoms with Gasteiger partial charge in [-0.2, -0.15) is 11.8 Å². The van der Waals surface area contributed by atoms with Gasteiger partial charge in [-0.1, -0.05) is 48.5 Å². The summed E-state index contributed by atoms with van der Waals surface area (Å²) in [6.07, 6.45) is 0. The standard InChI is InChI=1S/C18H21NS/c1-13-7-3-5-9-16(13)14(2)19-18-12-20-11-15-8-4-6-10-17(15)18/h3-10,14,18-19H,11-12H2,1-2H3/t14-,18?/m0/s1. The highest BCUT2D eigenvalue weighted by atomic mass is 32.2. The Hall–Kier alpha value is -1.25. The van der Waals surface area contributed by atoms with Crippen molar-refractivity contribution in [3.05, 3.63) is 70.8 Å². The first kappa shape index (κ1) is 13.7. The fourth-order valence-electron chi connectivity index (χ4n) is 2.98. The van der Waals surface area contributed by atoms with Gasteiger partial charge in [0.15, 0.2) is 0 Å². The minimum atomic E-state index is 0.382. The molecule has 0 aromatic heterocycles. The molecule has 0 radical (unpaired) electrons. The van der Waals surface area contributed by atoms with E-state index in [1.165, 1.54) is 22.3 Å². The number of thioether (sulfide) groups is 1. The molecule has 0 spiro atoms. The lowest BCUT2D eigenvalue weighted by molar-refractivity contribution is 0.494. The Kier molecular flexibility index (Phi) is 4.13. The molecule has 2 aromatic carbocycles. The fourth-order valence-corrected chi connectivity index (χ4v) is 4.10. The van der Waals surface area contributed by atoms with Gasteiger partial charge in [0.25, 0.3) is 0 Å². The zero-order valence-corrected chi connectivity index (χ0v) is 12.9. The smallest absolute Gasteiger partial charge is 0.0419 e. The summed E-state index contributed by atoms with van der Waals surface area (Å²) in [7, 11) is 0. The van der Waals surface area contributed by atoms with Gasteiger partial charge in [-0.15, -0.1) is 0 Å². The summed E-state index contributed by atoms with van der Waals surface area (Å²) in [6, 6.07) is 18.3. The highest BCUT2D eigenvalue weighted by Gasteiger charge is 2.22. The zero-order valence-electron chi connectivity index (χ0n) is 12.1. The Morgan fingerprint density at radius 1 is 1.10 bits per heavy atom. The van der Waals surface area contributed by atoms with Gasteiger partial charge < -0.3 is 5.32 Å². The van der Waals surface area contributed by atoms with E-state index in [4.69, 9.17) is 0 Å². The van der Waals surface area contributed by atoms with Gasteiger partial charge in [-0.05, 0) is 36.1 Å². The van der Waals surface area contributed by atoms with Crippen LogP contribution in [0.15, 0.2) is 48.5 Å². The van der Waals surface area contributed by atoms with Crippen LogP contribution in [0.1, 0.15) is 41.3 Å². The molecule has 1 N–H and O–H groups in total. The Morgan fingerprint density at radius 2 is 1.85 bits per heavy atom. The highest BCUT2D eigenvalue weighted by Crippen LogP contribution is 2.33. The van der Waals surface area contributed by atoms with Crippen LogP contribution in [0.3, 0.4) is 0 Å². The summed E-state index contributed by atoms with van der Waals surface area (Å²) in [5.41, 5.74) is 5.73. The molecular weight excluding hydrogens is 262 g/mol. The maximum atomic E-state index is 3.81. The van der Waals surface area contributed by atoms with Crippen molar-refractivity contribution in [2.45, 2.75) is 31.7 Å². The predicted octanol–water partition coefficient (Wildman–Crippen LogP) is 4.63. The lowest BCUT2D eigenvalue weighted by atomic mass is 9.98. The molecule has 1 aliphatic heterocycles. The first-order chi connectivity index (χ1) is 9.75. The number of aryl methyl sites for hydroxylation is 1. The average molecular weight is 283 g/mol. The van der Waals surface area contributed by atoms with Crippen LogP contribution in [-0.4, -0.2) is 5.75 Å².